The second kappa shape index (κ2) is 6.15. The van der Waals surface area contributed by atoms with E-state index in [1.807, 2.05) is 68.4 Å². The quantitative estimate of drug-likeness (QED) is 0.603. The zero-order chi connectivity index (χ0) is 20.2. The van der Waals surface area contributed by atoms with Crippen molar-refractivity contribution in [3.05, 3.63) is 101 Å². The number of benzene rings is 3. The van der Waals surface area contributed by atoms with E-state index in [-0.39, 0.29) is 18.2 Å². The van der Waals surface area contributed by atoms with Crippen LogP contribution in [0.25, 0.3) is 0 Å². The average Bonchev–Trinajstić information content (AvgIpc) is 3.35. The van der Waals surface area contributed by atoms with E-state index in [1.54, 1.807) is 0 Å². The Balaban J connectivity index is 1.63. The van der Waals surface area contributed by atoms with Crippen molar-refractivity contribution in [3.8, 4) is 0 Å². The molecule has 5 rings (SSSR count). The summed E-state index contributed by atoms with van der Waals surface area (Å²) in [5.74, 6) is -0.176. The van der Waals surface area contributed by atoms with Crippen molar-refractivity contribution in [2.45, 2.75) is 32.1 Å². The molecule has 1 heterocycles. The van der Waals surface area contributed by atoms with Gasteiger partial charge in [0.25, 0.3) is 0 Å². The van der Waals surface area contributed by atoms with Crippen LogP contribution >= 0.6 is 0 Å². The zero-order valence-corrected chi connectivity index (χ0v) is 16.7. The molecule has 1 spiro atoms. The zero-order valence-electron chi connectivity index (χ0n) is 16.7. The molecule has 0 radical (unpaired) electrons. The van der Waals surface area contributed by atoms with Crippen molar-refractivity contribution in [3.63, 3.8) is 0 Å². The Morgan fingerprint density at radius 3 is 1.90 bits per heavy atom. The fourth-order valence-corrected chi connectivity index (χ4v) is 5.11. The molecule has 0 bridgehead atoms. The first-order valence-corrected chi connectivity index (χ1v) is 10.1. The molecule has 1 saturated heterocycles. The largest absolute Gasteiger partial charge is 0.274 e. The Labute approximate surface area is 171 Å². The number of carbonyl (C=O) groups is 2. The standard InChI is InChI=1S/C26H23NO2/c1-18-13-14-22(15-19(18)2)27-23(28)16-25(24(27)29)17-26(25,20-9-5-3-6-10-20)21-11-7-4-8-12-21/h3-15H,16-17H2,1-2H3/t25-/m0/s1. The van der Waals surface area contributed by atoms with Gasteiger partial charge in [0.05, 0.1) is 11.1 Å². The molecule has 0 unspecified atom stereocenters. The molecule has 2 amide bonds. The molecule has 0 aromatic heterocycles. The maximum absolute atomic E-state index is 13.8. The third-order valence-electron chi connectivity index (χ3n) is 6.86. The SMILES string of the molecule is Cc1ccc(N2C(=O)C[C@]3(CC3(c3ccccc3)c3ccccc3)C2=O)cc1C. The minimum atomic E-state index is -0.703. The molecule has 144 valence electrons. The average molecular weight is 381 g/mol. The molecule has 3 aromatic rings. The van der Waals surface area contributed by atoms with Crippen LogP contribution in [0.15, 0.2) is 78.9 Å². The second-order valence-electron chi connectivity index (χ2n) is 8.38. The second-order valence-corrected chi connectivity index (χ2v) is 8.38. The van der Waals surface area contributed by atoms with Gasteiger partial charge in [-0.05, 0) is 54.7 Å². The summed E-state index contributed by atoms with van der Waals surface area (Å²) in [6, 6.07) is 26.1. The molecule has 3 nitrogen and oxygen atoms in total. The Morgan fingerprint density at radius 1 is 0.759 bits per heavy atom. The monoisotopic (exact) mass is 381 g/mol. The Morgan fingerprint density at radius 2 is 1.34 bits per heavy atom. The van der Waals surface area contributed by atoms with Gasteiger partial charge in [-0.3, -0.25) is 14.5 Å². The fraction of sp³-hybridized carbons (Fsp3) is 0.231. The first-order valence-electron chi connectivity index (χ1n) is 10.1. The molecule has 3 aromatic carbocycles. The molecule has 29 heavy (non-hydrogen) atoms. The molecule has 1 aliphatic heterocycles. The van der Waals surface area contributed by atoms with Crippen LogP contribution in [0, 0.1) is 19.3 Å². The highest BCUT2D eigenvalue weighted by atomic mass is 16.2. The van der Waals surface area contributed by atoms with Crippen LogP contribution in [0.1, 0.15) is 35.1 Å². The Kier molecular flexibility index (Phi) is 3.79. The first-order chi connectivity index (χ1) is 14.0. The summed E-state index contributed by atoms with van der Waals surface area (Å²) in [6.07, 6.45) is 0.919. The van der Waals surface area contributed by atoms with E-state index in [1.165, 1.54) is 4.90 Å². The van der Waals surface area contributed by atoms with Gasteiger partial charge in [0.15, 0.2) is 0 Å². The smallest absolute Gasteiger partial charge is 0.241 e. The van der Waals surface area contributed by atoms with Crippen molar-refractivity contribution in [2.24, 2.45) is 5.41 Å². The predicted molar refractivity (Wildman–Crippen MR) is 114 cm³/mol. The van der Waals surface area contributed by atoms with Crippen molar-refractivity contribution in [1.29, 1.82) is 0 Å². The van der Waals surface area contributed by atoms with Crippen LogP contribution in [0.2, 0.25) is 0 Å². The summed E-state index contributed by atoms with van der Waals surface area (Å²) in [5, 5.41) is 0. The van der Waals surface area contributed by atoms with Crippen LogP contribution in [-0.4, -0.2) is 11.8 Å². The van der Waals surface area contributed by atoms with Gasteiger partial charge in [-0.15, -0.1) is 0 Å². The lowest BCUT2D eigenvalue weighted by Gasteiger charge is -2.23. The summed E-state index contributed by atoms with van der Waals surface area (Å²) < 4.78 is 0. The van der Waals surface area contributed by atoms with Gasteiger partial charge in [0.1, 0.15) is 0 Å². The normalized spacial score (nSPS) is 22.3. The van der Waals surface area contributed by atoms with Crippen LogP contribution in [0.4, 0.5) is 5.69 Å². The van der Waals surface area contributed by atoms with Crippen LogP contribution in [-0.2, 0) is 15.0 Å². The molecular weight excluding hydrogens is 358 g/mol. The first kappa shape index (κ1) is 17.9. The number of amides is 2. The van der Waals surface area contributed by atoms with Gasteiger partial charge in [-0.25, -0.2) is 0 Å². The highest BCUT2D eigenvalue weighted by Crippen LogP contribution is 2.72. The fourth-order valence-electron chi connectivity index (χ4n) is 5.11. The molecule has 0 N–H and O–H groups in total. The maximum atomic E-state index is 13.8. The predicted octanol–water partition coefficient (Wildman–Crippen LogP) is 4.94. The molecule has 1 aliphatic carbocycles. The van der Waals surface area contributed by atoms with Crippen molar-refractivity contribution >= 4 is 17.5 Å². The van der Waals surface area contributed by atoms with Crippen LogP contribution in [0.3, 0.4) is 0 Å². The lowest BCUT2D eigenvalue weighted by molar-refractivity contribution is -0.123. The topological polar surface area (TPSA) is 37.4 Å². The number of nitrogens with zero attached hydrogens (tertiary/aromatic N) is 1. The Bertz CT molecular complexity index is 1080. The van der Waals surface area contributed by atoms with E-state index in [4.69, 9.17) is 0 Å². The van der Waals surface area contributed by atoms with Gasteiger partial charge in [-0.1, -0.05) is 66.7 Å². The number of anilines is 1. The molecule has 2 fully saturated rings. The number of aryl methyl sites for hydroxylation is 2. The van der Waals surface area contributed by atoms with E-state index in [9.17, 15) is 9.59 Å². The molecule has 3 heteroatoms. The van der Waals surface area contributed by atoms with E-state index in [0.717, 1.165) is 22.3 Å². The lowest BCUT2D eigenvalue weighted by atomic mass is 9.79. The molecular formula is C26H23NO2. The van der Waals surface area contributed by atoms with Gasteiger partial charge in [0, 0.05) is 11.8 Å². The summed E-state index contributed by atoms with van der Waals surface area (Å²) >= 11 is 0. The van der Waals surface area contributed by atoms with Crippen molar-refractivity contribution in [1.82, 2.24) is 0 Å². The minimum absolute atomic E-state index is 0.0709. The van der Waals surface area contributed by atoms with Crippen molar-refractivity contribution in [2.75, 3.05) is 4.90 Å². The maximum Gasteiger partial charge on any atom is 0.241 e. The van der Waals surface area contributed by atoms with Gasteiger partial charge in [0.2, 0.25) is 11.8 Å². The third kappa shape index (κ3) is 2.37. The van der Waals surface area contributed by atoms with E-state index >= 15 is 0 Å². The molecule has 1 saturated carbocycles. The minimum Gasteiger partial charge on any atom is -0.274 e. The van der Waals surface area contributed by atoms with Gasteiger partial charge < -0.3 is 0 Å². The number of hydrogen-bond donors (Lipinski definition) is 0. The summed E-state index contributed by atoms with van der Waals surface area (Å²) in [7, 11) is 0. The lowest BCUT2D eigenvalue weighted by Crippen LogP contribution is -2.33. The van der Waals surface area contributed by atoms with E-state index in [2.05, 4.69) is 24.3 Å². The van der Waals surface area contributed by atoms with Gasteiger partial charge >= 0.3 is 0 Å². The third-order valence-corrected chi connectivity index (χ3v) is 6.86. The van der Waals surface area contributed by atoms with Crippen LogP contribution in [0.5, 0.6) is 0 Å². The van der Waals surface area contributed by atoms with E-state index < -0.39 is 10.8 Å². The summed E-state index contributed by atoms with van der Waals surface area (Å²) in [4.78, 5) is 28.3. The number of carbonyl (C=O) groups excluding carboxylic acids is 2. The van der Waals surface area contributed by atoms with E-state index in [0.29, 0.717) is 12.1 Å². The molecule has 1 atom stereocenters. The Hall–Kier alpha value is -3.20. The van der Waals surface area contributed by atoms with Gasteiger partial charge in [-0.2, -0.15) is 0 Å². The van der Waals surface area contributed by atoms with Crippen molar-refractivity contribution < 1.29 is 9.59 Å². The highest BCUT2D eigenvalue weighted by molar-refractivity contribution is 6.25. The number of imide groups is 1. The van der Waals surface area contributed by atoms with Crippen LogP contribution < -0.4 is 4.90 Å². The summed E-state index contributed by atoms with van der Waals surface area (Å²) in [6.45, 7) is 4.04. The highest BCUT2D eigenvalue weighted by Gasteiger charge is 2.77. The number of rotatable bonds is 3. The summed E-state index contributed by atoms with van der Waals surface area (Å²) in [5.41, 5.74) is 3.97. The number of hydrogen-bond acceptors (Lipinski definition) is 2. The molecule has 2 aliphatic rings.